The molecule has 4 nitrogen and oxygen atoms in total. The smallest absolute Gasteiger partial charge is 0.330 e. The lowest BCUT2D eigenvalue weighted by Crippen LogP contribution is -2.31. The molecule has 0 saturated heterocycles. The van der Waals surface area contributed by atoms with Crippen molar-refractivity contribution >= 4 is 20.0 Å². The van der Waals surface area contributed by atoms with Gasteiger partial charge in [0.15, 0.2) is 0 Å². The van der Waals surface area contributed by atoms with Gasteiger partial charge in [-0.25, -0.2) is 9.59 Å². The van der Waals surface area contributed by atoms with E-state index < -0.39 is 20.0 Å². The molecule has 0 aromatic carbocycles. The summed E-state index contributed by atoms with van der Waals surface area (Å²) in [5.74, 6) is -1.61. The fourth-order valence-electron chi connectivity index (χ4n) is 0.914. The molecule has 0 aromatic rings. The Bertz CT molecular complexity index is 262. The summed E-state index contributed by atoms with van der Waals surface area (Å²) in [6, 6.07) is 0. The summed E-state index contributed by atoms with van der Waals surface area (Å²) in [5, 5.41) is 8.91. The van der Waals surface area contributed by atoms with Crippen molar-refractivity contribution in [3.63, 3.8) is 0 Å². The zero-order valence-electron chi connectivity index (χ0n) is 8.96. The Morgan fingerprint density at radius 1 is 1.36 bits per heavy atom. The molecule has 14 heavy (non-hydrogen) atoms. The molecule has 0 spiro atoms. The Kier molecular flexibility index (Phi) is 4.56. The van der Waals surface area contributed by atoms with Crippen molar-refractivity contribution in [1.82, 2.24) is 0 Å². The van der Waals surface area contributed by atoms with Gasteiger partial charge in [0.2, 0.25) is 0 Å². The van der Waals surface area contributed by atoms with Crippen LogP contribution in [0.3, 0.4) is 0 Å². The number of carboxylic acid groups (broad SMARTS) is 1. The van der Waals surface area contributed by atoms with Crippen LogP contribution in [-0.2, 0) is 14.3 Å². The highest BCUT2D eigenvalue weighted by atomic mass is 28.3. The molecule has 0 saturated carbocycles. The second kappa shape index (κ2) is 4.95. The first-order valence-electron chi connectivity index (χ1n) is 4.41. The van der Waals surface area contributed by atoms with Crippen molar-refractivity contribution in [3.8, 4) is 0 Å². The Morgan fingerprint density at radius 3 is 2.14 bits per heavy atom. The van der Waals surface area contributed by atoms with Crippen LogP contribution >= 0.6 is 0 Å². The first-order valence-corrected chi connectivity index (χ1v) is 7.91. The number of ether oxygens (including phenoxy) is 1. The number of aliphatic carboxylic acids is 1. The SMILES string of the molecule is CCOC(=O)C(=CC(=O)O)[Si](C)(C)C. The van der Waals surface area contributed by atoms with E-state index in [-0.39, 0.29) is 6.61 Å². The Hall–Kier alpha value is -1.10. The Morgan fingerprint density at radius 2 is 1.86 bits per heavy atom. The van der Waals surface area contributed by atoms with Crippen molar-refractivity contribution in [2.24, 2.45) is 0 Å². The maximum absolute atomic E-state index is 11.4. The standard InChI is InChI=1S/C9H16O4Si/c1-5-13-9(12)7(6-8(10)11)14(2,3)4/h6H,5H2,1-4H3,(H,10,11). The van der Waals surface area contributed by atoms with Crippen LogP contribution < -0.4 is 0 Å². The van der Waals surface area contributed by atoms with Gasteiger partial charge in [0.25, 0.3) is 0 Å². The molecule has 0 amide bonds. The number of hydrogen-bond donors (Lipinski definition) is 1. The van der Waals surface area contributed by atoms with Gasteiger partial charge in [-0.2, -0.15) is 0 Å². The van der Waals surface area contributed by atoms with Gasteiger partial charge in [0.1, 0.15) is 0 Å². The van der Waals surface area contributed by atoms with Crippen LogP contribution in [0.4, 0.5) is 0 Å². The molecule has 0 rings (SSSR count). The van der Waals surface area contributed by atoms with E-state index >= 15 is 0 Å². The predicted molar refractivity (Wildman–Crippen MR) is 55.7 cm³/mol. The van der Waals surface area contributed by atoms with Crippen LogP contribution in [0.5, 0.6) is 0 Å². The molecule has 0 aliphatic heterocycles. The molecule has 1 N–H and O–H groups in total. The zero-order chi connectivity index (χ0) is 11.4. The fraction of sp³-hybridized carbons (Fsp3) is 0.556. The lowest BCUT2D eigenvalue weighted by Gasteiger charge is -2.18. The van der Waals surface area contributed by atoms with Crippen LogP contribution in [0.1, 0.15) is 6.92 Å². The molecule has 0 aromatic heterocycles. The summed E-state index contributed by atoms with van der Waals surface area (Å²) in [6.07, 6.45) is 0.963. The Balaban J connectivity index is 4.93. The molecule has 5 heteroatoms. The van der Waals surface area contributed by atoms with Crippen molar-refractivity contribution in [2.45, 2.75) is 26.6 Å². The van der Waals surface area contributed by atoms with Crippen molar-refractivity contribution in [1.29, 1.82) is 0 Å². The minimum absolute atomic E-state index is 0.264. The average Bonchev–Trinajstić information content (AvgIpc) is 1.98. The fourth-order valence-corrected chi connectivity index (χ4v) is 2.15. The topological polar surface area (TPSA) is 63.6 Å². The molecule has 0 fully saturated rings. The van der Waals surface area contributed by atoms with Crippen LogP contribution in [0, 0.1) is 0 Å². The van der Waals surface area contributed by atoms with E-state index in [0.29, 0.717) is 5.20 Å². The second-order valence-electron chi connectivity index (χ2n) is 3.87. The summed E-state index contributed by atoms with van der Waals surface area (Å²) in [4.78, 5) is 21.9. The van der Waals surface area contributed by atoms with Gasteiger partial charge < -0.3 is 9.84 Å². The van der Waals surface area contributed by atoms with Gasteiger partial charge in [0.05, 0.1) is 14.7 Å². The number of carbonyl (C=O) groups excluding carboxylic acids is 1. The first kappa shape index (κ1) is 12.9. The third kappa shape index (κ3) is 4.22. The molecular weight excluding hydrogens is 200 g/mol. The van der Waals surface area contributed by atoms with E-state index in [0.717, 1.165) is 6.08 Å². The lowest BCUT2D eigenvalue weighted by atomic mass is 10.5. The van der Waals surface area contributed by atoms with Crippen molar-refractivity contribution < 1.29 is 19.4 Å². The summed E-state index contributed by atoms with van der Waals surface area (Å²) < 4.78 is 4.80. The predicted octanol–water partition coefficient (Wildman–Crippen LogP) is 1.44. The van der Waals surface area contributed by atoms with Gasteiger partial charge in [0, 0.05) is 11.3 Å². The van der Waals surface area contributed by atoms with Crippen LogP contribution in [0.15, 0.2) is 11.3 Å². The summed E-state index contributed by atoms with van der Waals surface area (Å²) in [5.41, 5.74) is 0. The maximum atomic E-state index is 11.4. The Labute approximate surface area is 84.6 Å². The number of hydrogen-bond acceptors (Lipinski definition) is 3. The lowest BCUT2D eigenvalue weighted by molar-refractivity contribution is -0.138. The van der Waals surface area contributed by atoms with E-state index in [9.17, 15) is 9.59 Å². The monoisotopic (exact) mass is 216 g/mol. The van der Waals surface area contributed by atoms with Gasteiger partial charge >= 0.3 is 11.9 Å². The first-order chi connectivity index (χ1) is 6.29. The zero-order valence-corrected chi connectivity index (χ0v) is 9.96. The molecule has 0 atom stereocenters. The average molecular weight is 216 g/mol. The largest absolute Gasteiger partial charge is 0.478 e. The molecule has 0 bridgehead atoms. The summed E-state index contributed by atoms with van der Waals surface area (Å²) >= 11 is 0. The van der Waals surface area contributed by atoms with E-state index in [2.05, 4.69) is 0 Å². The molecule has 0 heterocycles. The summed E-state index contributed by atoms with van der Waals surface area (Å²) in [7, 11) is -1.94. The van der Waals surface area contributed by atoms with Crippen molar-refractivity contribution in [2.75, 3.05) is 6.61 Å². The van der Waals surface area contributed by atoms with Crippen LogP contribution in [0.2, 0.25) is 19.6 Å². The quantitative estimate of drug-likeness (QED) is 0.439. The molecular formula is C9H16O4Si. The minimum atomic E-state index is -1.94. The number of esters is 1. The minimum Gasteiger partial charge on any atom is -0.478 e. The molecule has 0 aliphatic carbocycles. The highest BCUT2D eigenvalue weighted by Gasteiger charge is 2.27. The summed E-state index contributed by atoms with van der Waals surface area (Å²) in [6.45, 7) is 7.66. The number of rotatable bonds is 4. The van der Waals surface area contributed by atoms with E-state index in [4.69, 9.17) is 9.84 Å². The third-order valence-corrected chi connectivity index (χ3v) is 3.54. The normalized spacial score (nSPS) is 12.4. The molecule has 80 valence electrons. The second-order valence-corrected chi connectivity index (χ2v) is 8.91. The highest BCUT2D eigenvalue weighted by Crippen LogP contribution is 2.15. The maximum Gasteiger partial charge on any atom is 0.330 e. The third-order valence-electron chi connectivity index (χ3n) is 1.57. The van der Waals surface area contributed by atoms with Gasteiger partial charge in [-0.05, 0) is 6.92 Å². The van der Waals surface area contributed by atoms with Crippen molar-refractivity contribution in [3.05, 3.63) is 11.3 Å². The van der Waals surface area contributed by atoms with Gasteiger partial charge in [-0.15, -0.1) is 0 Å². The van der Waals surface area contributed by atoms with Gasteiger partial charge in [-0.1, -0.05) is 19.6 Å². The molecule has 0 unspecified atom stereocenters. The highest BCUT2D eigenvalue weighted by molar-refractivity contribution is 6.87. The number of carboxylic acids is 1. The van der Waals surface area contributed by atoms with Crippen LogP contribution in [0.25, 0.3) is 0 Å². The van der Waals surface area contributed by atoms with Gasteiger partial charge in [-0.3, -0.25) is 0 Å². The van der Waals surface area contributed by atoms with Crippen LogP contribution in [-0.4, -0.2) is 31.7 Å². The van der Waals surface area contributed by atoms with E-state index in [1.54, 1.807) is 6.92 Å². The number of carbonyl (C=O) groups is 2. The molecule has 0 aliphatic rings. The van der Waals surface area contributed by atoms with E-state index in [1.165, 1.54) is 0 Å². The van der Waals surface area contributed by atoms with E-state index in [1.807, 2.05) is 19.6 Å². The molecule has 0 radical (unpaired) electrons.